The van der Waals surface area contributed by atoms with Gasteiger partial charge < -0.3 is 11.5 Å². The average molecular weight is 333 g/mol. The summed E-state index contributed by atoms with van der Waals surface area (Å²) in [6.45, 7) is 8.71. The van der Waals surface area contributed by atoms with Crippen LogP contribution in [-0.4, -0.2) is 10.5 Å². The van der Waals surface area contributed by atoms with Gasteiger partial charge in [-0.15, -0.1) is 23.5 Å². The summed E-state index contributed by atoms with van der Waals surface area (Å²) in [5.74, 6) is 0. The highest BCUT2D eigenvalue weighted by Crippen LogP contribution is 2.36. The summed E-state index contributed by atoms with van der Waals surface area (Å²) in [4.78, 5) is 2.28. The fourth-order valence-electron chi connectivity index (χ4n) is 2.14. The second kappa shape index (κ2) is 7.34. The number of rotatable bonds is 5. The molecule has 0 unspecified atom stereocenters. The van der Waals surface area contributed by atoms with Crippen LogP contribution >= 0.6 is 23.5 Å². The van der Waals surface area contributed by atoms with Crippen molar-refractivity contribution in [2.75, 3.05) is 11.5 Å². The number of nitrogen functional groups attached to an aromatic ring is 2. The van der Waals surface area contributed by atoms with Crippen LogP contribution < -0.4 is 11.5 Å². The Morgan fingerprint density at radius 2 is 1.05 bits per heavy atom. The van der Waals surface area contributed by atoms with E-state index in [0.717, 1.165) is 21.2 Å². The summed E-state index contributed by atoms with van der Waals surface area (Å²) in [6.07, 6.45) is 0. The maximum absolute atomic E-state index is 6.09. The lowest BCUT2D eigenvalue weighted by Crippen LogP contribution is -1.95. The van der Waals surface area contributed by atoms with Crippen LogP contribution in [0.1, 0.15) is 27.7 Å². The molecule has 2 nitrogen and oxygen atoms in total. The van der Waals surface area contributed by atoms with Gasteiger partial charge in [-0.25, -0.2) is 0 Å². The normalized spacial score (nSPS) is 11.4. The van der Waals surface area contributed by atoms with Crippen molar-refractivity contribution in [1.82, 2.24) is 0 Å². The second-order valence-corrected chi connectivity index (χ2v) is 9.08. The minimum Gasteiger partial charge on any atom is -0.398 e. The molecule has 4 heteroatoms. The van der Waals surface area contributed by atoms with Crippen LogP contribution in [0.15, 0.2) is 46.2 Å². The van der Waals surface area contributed by atoms with Crippen molar-refractivity contribution < 1.29 is 0 Å². The van der Waals surface area contributed by atoms with Gasteiger partial charge in [0.1, 0.15) is 0 Å². The number of hydrogen-bond acceptors (Lipinski definition) is 4. The topological polar surface area (TPSA) is 52.0 Å². The Morgan fingerprint density at radius 1 is 0.682 bits per heavy atom. The predicted octanol–water partition coefficient (Wildman–Crippen LogP) is 5.52. The SMILES string of the molecule is CC(C)Sc1cc(-c2ccc(N)c(SC(C)C)c2)ccc1N. The smallest absolute Gasteiger partial charge is 0.0452 e. The monoisotopic (exact) mass is 332 g/mol. The van der Waals surface area contributed by atoms with E-state index in [1.54, 1.807) is 23.5 Å². The third-order valence-electron chi connectivity index (χ3n) is 3.09. The molecule has 0 fully saturated rings. The molecule has 0 atom stereocenters. The fraction of sp³-hybridized carbons (Fsp3) is 0.333. The van der Waals surface area contributed by atoms with E-state index in [9.17, 15) is 0 Å². The molecule has 2 rings (SSSR count). The Hall–Kier alpha value is -1.26. The number of anilines is 2. The highest BCUT2D eigenvalue weighted by atomic mass is 32.2. The molecule has 2 aromatic carbocycles. The number of benzene rings is 2. The van der Waals surface area contributed by atoms with Gasteiger partial charge >= 0.3 is 0 Å². The summed E-state index contributed by atoms with van der Waals surface area (Å²) in [6, 6.07) is 12.5. The molecular formula is C18H24N2S2. The molecule has 0 aliphatic heterocycles. The average Bonchev–Trinajstić information content (AvgIpc) is 2.43. The van der Waals surface area contributed by atoms with Crippen molar-refractivity contribution in [3.05, 3.63) is 36.4 Å². The van der Waals surface area contributed by atoms with Gasteiger partial charge in [0.05, 0.1) is 0 Å². The molecule has 0 bridgehead atoms. The van der Waals surface area contributed by atoms with Crippen molar-refractivity contribution >= 4 is 34.9 Å². The first kappa shape index (κ1) is 17.1. The first-order chi connectivity index (χ1) is 10.4. The lowest BCUT2D eigenvalue weighted by atomic mass is 10.1. The second-order valence-electron chi connectivity index (χ2n) is 5.84. The Labute approximate surface area is 142 Å². The Bertz CT molecular complexity index is 594. The molecule has 118 valence electrons. The molecule has 0 saturated heterocycles. The first-order valence-electron chi connectivity index (χ1n) is 7.49. The standard InChI is InChI=1S/C18H24N2S2/c1-11(2)21-17-9-13(5-7-15(17)19)14-6-8-16(20)18(10-14)22-12(3)4/h5-12H,19-20H2,1-4H3. The fourth-order valence-corrected chi connectivity index (χ4v) is 3.95. The molecule has 0 spiro atoms. The highest BCUT2D eigenvalue weighted by Gasteiger charge is 2.09. The Kier molecular flexibility index (Phi) is 5.70. The van der Waals surface area contributed by atoms with E-state index in [2.05, 4.69) is 52.0 Å². The van der Waals surface area contributed by atoms with Crippen molar-refractivity contribution in [2.24, 2.45) is 0 Å². The number of hydrogen-bond donors (Lipinski definition) is 2. The van der Waals surface area contributed by atoms with Crippen LogP contribution in [0.4, 0.5) is 11.4 Å². The third-order valence-corrected chi connectivity index (χ3v) is 5.24. The molecule has 0 radical (unpaired) electrons. The van der Waals surface area contributed by atoms with Gasteiger partial charge in [-0.3, -0.25) is 0 Å². The Balaban J connectivity index is 2.39. The molecule has 0 aliphatic rings. The molecule has 22 heavy (non-hydrogen) atoms. The minimum absolute atomic E-state index is 0.510. The first-order valence-corrected chi connectivity index (χ1v) is 9.25. The summed E-state index contributed by atoms with van der Waals surface area (Å²) >= 11 is 3.59. The molecule has 0 saturated carbocycles. The number of nitrogens with two attached hydrogens (primary N) is 2. The van der Waals surface area contributed by atoms with Gasteiger partial charge in [0.15, 0.2) is 0 Å². The van der Waals surface area contributed by atoms with Gasteiger partial charge in [0, 0.05) is 31.7 Å². The Morgan fingerprint density at radius 3 is 1.36 bits per heavy atom. The molecule has 0 aromatic heterocycles. The van der Waals surface area contributed by atoms with Gasteiger partial charge in [-0.2, -0.15) is 0 Å². The van der Waals surface area contributed by atoms with Gasteiger partial charge in [-0.05, 0) is 35.4 Å². The molecule has 2 aromatic rings. The minimum atomic E-state index is 0.510. The van der Waals surface area contributed by atoms with E-state index in [0.29, 0.717) is 10.5 Å². The zero-order chi connectivity index (χ0) is 16.3. The van der Waals surface area contributed by atoms with Crippen LogP contribution in [0, 0.1) is 0 Å². The molecule has 0 aliphatic carbocycles. The lowest BCUT2D eigenvalue weighted by molar-refractivity contribution is 1.11. The third kappa shape index (κ3) is 4.37. The summed E-state index contributed by atoms with van der Waals surface area (Å²) < 4.78 is 0. The summed E-state index contributed by atoms with van der Waals surface area (Å²) in [5.41, 5.74) is 16.2. The zero-order valence-electron chi connectivity index (χ0n) is 13.6. The van der Waals surface area contributed by atoms with Gasteiger partial charge in [0.2, 0.25) is 0 Å². The highest BCUT2D eigenvalue weighted by molar-refractivity contribution is 8.00. The van der Waals surface area contributed by atoms with Crippen LogP contribution in [0.25, 0.3) is 11.1 Å². The van der Waals surface area contributed by atoms with Crippen LogP contribution in [0.5, 0.6) is 0 Å². The van der Waals surface area contributed by atoms with E-state index in [4.69, 9.17) is 11.5 Å². The summed E-state index contributed by atoms with van der Waals surface area (Å²) in [7, 11) is 0. The van der Waals surface area contributed by atoms with E-state index >= 15 is 0 Å². The van der Waals surface area contributed by atoms with Crippen LogP contribution in [-0.2, 0) is 0 Å². The predicted molar refractivity (Wildman–Crippen MR) is 103 cm³/mol. The van der Waals surface area contributed by atoms with Crippen LogP contribution in [0.3, 0.4) is 0 Å². The summed E-state index contributed by atoms with van der Waals surface area (Å²) in [5, 5.41) is 1.02. The maximum Gasteiger partial charge on any atom is 0.0452 e. The van der Waals surface area contributed by atoms with Crippen molar-refractivity contribution in [3.63, 3.8) is 0 Å². The van der Waals surface area contributed by atoms with Gasteiger partial charge in [-0.1, -0.05) is 39.8 Å². The number of thioether (sulfide) groups is 2. The van der Waals surface area contributed by atoms with E-state index < -0.39 is 0 Å². The van der Waals surface area contributed by atoms with Crippen molar-refractivity contribution in [3.8, 4) is 11.1 Å². The van der Waals surface area contributed by atoms with Crippen molar-refractivity contribution in [1.29, 1.82) is 0 Å². The molecule has 4 N–H and O–H groups in total. The van der Waals surface area contributed by atoms with E-state index in [1.165, 1.54) is 11.1 Å². The van der Waals surface area contributed by atoms with Gasteiger partial charge in [0.25, 0.3) is 0 Å². The lowest BCUT2D eigenvalue weighted by Gasteiger charge is -2.13. The van der Waals surface area contributed by atoms with Crippen molar-refractivity contribution in [2.45, 2.75) is 48.0 Å². The molecular weight excluding hydrogens is 308 g/mol. The largest absolute Gasteiger partial charge is 0.398 e. The zero-order valence-corrected chi connectivity index (χ0v) is 15.2. The molecule has 0 heterocycles. The van der Waals surface area contributed by atoms with E-state index in [-0.39, 0.29) is 0 Å². The van der Waals surface area contributed by atoms with E-state index in [1.807, 2.05) is 12.1 Å². The maximum atomic E-state index is 6.09. The quantitative estimate of drug-likeness (QED) is 0.559. The molecule has 0 amide bonds. The van der Waals surface area contributed by atoms with Crippen LogP contribution in [0.2, 0.25) is 0 Å².